The van der Waals surface area contributed by atoms with Crippen LogP contribution in [-0.4, -0.2) is 45.1 Å². The maximum Gasteiger partial charge on any atom is 0.239 e. The van der Waals surface area contributed by atoms with Crippen LogP contribution in [-0.2, 0) is 23.2 Å². The van der Waals surface area contributed by atoms with Crippen molar-refractivity contribution in [2.75, 3.05) is 38.1 Å². The van der Waals surface area contributed by atoms with Crippen LogP contribution in [0.1, 0.15) is 37.5 Å². The van der Waals surface area contributed by atoms with E-state index < -0.39 is 0 Å². The number of hydrogen-bond donors (Lipinski definition) is 3. The summed E-state index contributed by atoms with van der Waals surface area (Å²) in [6.45, 7) is 10.1. The average Bonchev–Trinajstić information content (AvgIpc) is 2.79. The molecule has 0 aliphatic carbocycles. The Hall–Kier alpha value is -2.29. The molecule has 3 rings (SSSR count). The highest BCUT2D eigenvalue weighted by Crippen LogP contribution is 2.23. The first-order chi connectivity index (χ1) is 14.9. The van der Waals surface area contributed by atoms with Gasteiger partial charge < -0.3 is 20.9 Å². The molecule has 0 atom stereocenters. The predicted molar refractivity (Wildman–Crippen MR) is 144 cm³/mol. The summed E-state index contributed by atoms with van der Waals surface area (Å²) in [4.78, 5) is 18.1. The highest BCUT2D eigenvalue weighted by Gasteiger charge is 2.21. The second-order valence-electron chi connectivity index (χ2n) is 8.65. The van der Waals surface area contributed by atoms with Gasteiger partial charge in [0.25, 0.3) is 0 Å². The van der Waals surface area contributed by atoms with Gasteiger partial charge in [0.1, 0.15) is 0 Å². The number of carbonyl (C=O) groups excluding carboxylic acids is 1. The minimum atomic E-state index is -0.00766. The Kier molecular flexibility index (Phi) is 9.81. The first-order valence-corrected chi connectivity index (χ1v) is 11.1. The van der Waals surface area contributed by atoms with Crippen molar-refractivity contribution in [1.29, 1.82) is 0 Å². The Morgan fingerprint density at radius 1 is 1.06 bits per heavy atom. The molecule has 2 aromatic rings. The van der Waals surface area contributed by atoms with Gasteiger partial charge in [-0.2, -0.15) is 0 Å². The van der Waals surface area contributed by atoms with E-state index in [1.807, 2.05) is 0 Å². The lowest BCUT2D eigenvalue weighted by atomic mass is 9.84. The quantitative estimate of drug-likeness (QED) is 0.281. The van der Waals surface area contributed by atoms with Gasteiger partial charge in [0.05, 0.1) is 6.54 Å². The number of nitrogens with zero attached hydrogens (tertiary/aromatic N) is 2. The molecule has 0 unspecified atom stereocenters. The second kappa shape index (κ2) is 12.1. The van der Waals surface area contributed by atoms with E-state index in [9.17, 15) is 4.79 Å². The summed E-state index contributed by atoms with van der Waals surface area (Å²) >= 11 is 0. The van der Waals surface area contributed by atoms with Crippen molar-refractivity contribution in [1.82, 2.24) is 16.0 Å². The minimum absolute atomic E-state index is 0. The molecule has 3 N–H and O–H groups in total. The standard InChI is InChI=1S/C25H35N5O.HI/c1-5-19-6-10-21(11-7-19)25(2,3)18-29-24(26-4)28-16-20-8-12-22(13-9-20)30-15-14-27-23(31)17-30;/h6-13H,5,14-18H2,1-4H3,(H,27,31)(H2,26,28,29);1H. The van der Waals surface area contributed by atoms with Crippen LogP contribution in [0.3, 0.4) is 0 Å². The van der Waals surface area contributed by atoms with Crippen molar-refractivity contribution in [3.8, 4) is 0 Å². The Balaban J connectivity index is 0.00000363. The first-order valence-electron chi connectivity index (χ1n) is 11.1. The molecule has 0 saturated carbocycles. The van der Waals surface area contributed by atoms with Gasteiger partial charge >= 0.3 is 0 Å². The molecule has 174 valence electrons. The molecular formula is C25H36IN5O. The summed E-state index contributed by atoms with van der Waals surface area (Å²) < 4.78 is 0. The van der Waals surface area contributed by atoms with Gasteiger partial charge in [0.2, 0.25) is 5.91 Å². The molecule has 1 fully saturated rings. The molecule has 0 spiro atoms. The van der Waals surface area contributed by atoms with Crippen molar-refractivity contribution in [2.24, 2.45) is 4.99 Å². The average molecular weight is 550 g/mol. The Bertz CT molecular complexity index is 894. The van der Waals surface area contributed by atoms with Crippen molar-refractivity contribution in [3.63, 3.8) is 0 Å². The van der Waals surface area contributed by atoms with E-state index in [-0.39, 0.29) is 35.3 Å². The number of amides is 1. The molecule has 1 aliphatic heterocycles. The zero-order chi connectivity index (χ0) is 22.3. The summed E-state index contributed by atoms with van der Waals surface area (Å²) in [5.74, 6) is 0.867. The normalized spacial score (nSPS) is 14.4. The minimum Gasteiger partial charge on any atom is -0.360 e. The third kappa shape index (κ3) is 7.12. The van der Waals surface area contributed by atoms with Crippen LogP contribution >= 0.6 is 24.0 Å². The van der Waals surface area contributed by atoms with Gasteiger partial charge in [-0.3, -0.25) is 9.79 Å². The van der Waals surface area contributed by atoms with Gasteiger partial charge in [0.15, 0.2) is 5.96 Å². The number of rotatable bonds is 7. The van der Waals surface area contributed by atoms with Crippen LogP contribution in [0.5, 0.6) is 0 Å². The van der Waals surface area contributed by atoms with Gasteiger partial charge in [-0.1, -0.05) is 57.2 Å². The Morgan fingerprint density at radius 3 is 2.31 bits per heavy atom. The second-order valence-corrected chi connectivity index (χ2v) is 8.65. The fourth-order valence-corrected chi connectivity index (χ4v) is 3.69. The van der Waals surface area contributed by atoms with Crippen LogP contribution < -0.4 is 20.9 Å². The van der Waals surface area contributed by atoms with Gasteiger partial charge in [-0.15, -0.1) is 24.0 Å². The third-order valence-electron chi connectivity index (χ3n) is 5.86. The maximum absolute atomic E-state index is 11.6. The van der Waals surface area contributed by atoms with E-state index in [1.165, 1.54) is 16.7 Å². The molecule has 0 bridgehead atoms. The molecule has 7 heteroatoms. The molecule has 32 heavy (non-hydrogen) atoms. The number of aryl methyl sites for hydroxylation is 1. The highest BCUT2D eigenvalue weighted by atomic mass is 127. The molecule has 1 aliphatic rings. The molecule has 0 aromatic heterocycles. The number of halogens is 1. The molecule has 1 saturated heterocycles. The van der Waals surface area contributed by atoms with Crippen molar-refractivity contribution < 1.29 is 4.79 Å². The number of aliphatic imine (C=N–C) groups is 1. The third-order valence-corrected chi connectivity index (χ3v) is 5.86. The first kappa shape index (κ1) is 26.0. The van der Waals surface area contributed by atoms with Crippen molar-refractivity contribution >= 4 is 41.5 Å². The fourth-order valence-electron chi connectivity index (χ4n) is 3.69. The SMILES string of the molecule is CCc1ccc(C(C)(C)CNC(=NC)NCc2ccc(N3CCNC(=O)C3)cc2)cc1.I. The lowest BCUT2D eigenvalue weighted by molar-refractivity contribution is -0.120. The zero-order valence-electron chi connectivity index (χ0n) is 19.6. The van der Waals surface area contributed by atoms with Crippen molar-refractivity contribution in [3.05, 3.63) is 65.2 Å². The largest absolute Gasteiger partial charge is 0.360 e. The van der Waals surface area contributed by atoms with Gasteiger partial charge in [-0.05, 0) is 35.2 Å². The van der Waals surface area contributed by atoms with Gasteiger partial charge in [0, 0.05) is 44.3 Å². The highest BCUT2D eigenvalue weighted by molar-refractivity contribution is 14.0. The fraction of sp³-hybridized carbons (Fsp3) is 0.440. The zero-order valence-corrected chi connectivity index (χ0v) is 21.9. The molecular weight excluding hydrogens is 513 g/mol. The van der Waals surface area contributed by atoms with Crippen LogP contribution in [0, 0.1) is 0 Å². The summed E-state index contributed by atoms with van der Waals surface area (Å²) in [6.07, 6.45) is 1.06. The summed E-state index contributed by atoms with van der Waals surface area (Å²) in [6, 6.07) is 17.2. The molecule has 6 nitrogen and oxygen atoms in total. The monoisotopic (exact) mass is 549 g/mol. The number of carbonyl (C=O) groups is 1. The Labute approximate surface area is 209 Å². The van der Waals surface area contributed by atoms with Gasteiger partial charge in [-0.25, -0.2) is 0 Å². The van der Waals surface area contributed by atoms with E-state index in [2.05, 4.69) is 95.1 Å². The van der Waals surface area contributed by atoms with E-state index in [1.54, 1.807) is 7.05 Å². The maximum atomic E-state index is 11.6. The van der Waals surface area contributed by atoms with Crippen LogP contribution in [0.15, 0.2) is 53.5 Å². The van der Waals surface area contributed by atoms with E-state index in [4.69, 9.17) is 0 Å². The van der Waals surface area contributed by atoms with E-state index in [0.29, 0.717) is 19.6 Å². The lowest BCUT2D eigenvalue weighted by Crippen LogP contribution is -2.47. The smallest absolute Gasteiger partial charge is 0.239 e. The predicted octanol–water partition coefficient (Wildman–Crippen LogP) is 3.45. The van der Waals surface area contributed by atoms with Crippen LogP contribution in [0.25, 0.3) is 0 Å². The summed E-state index contributed by atoms with van der Waals surface area (Å²) in [7, 11) is 1.79. The van der Waals surface area contributed by atoms with E-state index in [0.717, 1.165) is 31.2 Å². The number of nitrogens with one attached hydrogen (secondary N) is 3. The molecule has 1 amide bonds. The molecule has 1 heterocycles. The summed E-state index contributed by atoms with van der Waals surface area (Å²) in [5, 5.41) is 9.72. The number of anilines is 1. The molecule has 2 aromatic carbocycles. The lowest BCUT2D eigenvalue weighted by Gasteiger charge is -2.28. The number of guanidine groups is 1. The number of piperazine rings is 1. The van der Waals surface area contributed by atoms with Crippen molar-refractivity contribution in [2.45, 2.75) is 39.2 Å². The Morgan fingerprint density at radius 2 is 1.72 bits per heavy atom. The summed E-state index contributed by atoms with van der Waals surface area (Å²) in [5.41, 5.74) is 4.92. The van der Waals surface area contributed by atoms with Crippen LogP contribution in [0.4, 0.5) is 5.69 Å². The van der Waals surface area contributed by atoms with Crippen LogP contribution in [0.2, 0.25) is 0 Å². The number of benzene rings is 2. The number of hydrogen-bond acceptors (Lipinski definition) is 3. The topological polar surface area (TPSA) is 68.8 Å². The molecule has 0 radical (unpaired) electrons. The van der Waals surface area contributed by atoms with E-state index >= 15 is 0 Å².